The summed E-state index contributed by atoms with van der Waals surface area (Å²) in [5, 5.41) is 26.2. The number of aliphatic hydroxyl groups is 2. The van der Waals surface area contributed by atoms with Gasteiger partial charge in [0.2, 0.25) is 0 Å². The maximum atomic E-state index is 9.86. The van der Waals surface area contributed by atoms with E-state index in [2.05, 4.69) is 24.3 Å². The van der Waals surface area contributed by atoms with Gasteiger partial charge in [0.15, 0.2) is 0 Å². The monoisotopic (exact) mass is 288 g/mol. The Labute approximate surface area is 128 Å². The van der Waals surface area contributed by atoms with Crippen LogP contribution in [-0.4, -0.2) is 10.2 Å². The van der Waals surface area contributed by atoms with E-state index in [9.17, 15) is 10.2 Å². The molecule has 4 aromatic carbocycles. The summed E-state index contributed by atoms with van der Waals surface area (Å²) in [5.41, 5.74) is 1.80. The minimum atomic E-state index is -0.0137. The Hall–Kier alpha value is -2.42. The number of hydrogen-bond acceptors (Lipinski definition) is 2. The van der Waals surface area contributed by atoms with E-state index in [4.69, 9.17) is 0 Å². The molecule has 0 saturated carbocycles. The van der Waals surface area contributed by atoms with Gasteiger partial charge in [-0.1, -0.05) is 54.6 Å². The van der Waals surface area contributed by atoms with Gasteiger partial charge in [0, 0.05) is 0 Å². The number of rotatable bonds is 2. The Morgan fingerprint density at radius 3 is 2.18 bits per heavy atom. The van der Waals surface area contributed by atoms with E-state index in [1.54, 1.807) is 0 Å². The average Bonchev–Trinajstić information content (AvgIpc) is 2.59. The molecule has 0 saturated heterocycles. The van der Waals surface area contributed by atoms with Crippen molar-refractivity contribution in [2.45, 2.75) is 13.2 Å². The van der Waals surface area contributed by atoms with E-state index in [1.807, 2.05) is 36.4 Å². The number of aliphatic hydroxyl groups excluding tert-OH is 2. The van der Waals surface area contributed by atoms with E-state index in [0.717, 1.165) is 38.1 Å². The molecule has 0 bridgehead atoms. The molecule has 0 aliphatic carbocycles. The fourth-order valence-corrected chi connectivity index (χ4v) is 3.40. The Kier molecular flexibility index (Phi) is 3.07. The summed E-state index contributed by atoms with van der Waals surface area (Å²) in [7, 11) is 0. The van der Waals surface area contributed by atoms with Crippen LogP contribution in [0.2, 0.25) is 0 Å². The predicted octanol–water partition coefficient (Wildman–Crippen LogP) is 4.13. The summed E-state index contributed by atoms with van der Waals surface area (Å²) in [5.74, 6) is 0. The SMILES string of the molecule is OCc1cccc2ccc3c4ccccc4cc(CO)c3c12. The Morgan fingerprint density at radius 1 is 0.591 bits per heavy atom. The van der Waals surface area contributed by atoms with Crippen molar-refractivity contribution in [3.63, 3.8) is 0 Å². The van der Waals surface area contributed by atoms with Gasteiger partial charge in [-0.2, -0.15) is 0 Å². The fourth-order valence-electron chi connectivity index (χ4n) is 3.40. The van der Waals surface area contributed by atoms with Crippen LogP contribution < -0.4 is 0 Å². The lowest BCUT2D eigenvalue weighted by Crippen LogP contribution is -1.93. The predicted molar refractivity (Wildman–Crippen MR) is 90.8 cm³/mol. The summed E-state index contributed by atoms with van der Waals surface area (Å²) < 4.78 is 0. The summed E-state index contributed by atoms with van der Waals surface area (Å²) in [6.07, 6.45) is 0. The minimum absolute atomic E-state index is 0.00580. The number of hydrogen-bond donors (Lipinski definition) is 2. The van der Waals surface area contributed by atoms with Crippen LogP contribution in [-0.2, 0) is 13.2 Å². The third-order valence-electron chi connectivity index (χ3n) is 4.37. The largest absolute Gasteiger partial charge is 0.392 e. The lowest BCUT2D eigenvalue weighted by molar-refractivity contribution is 0.282. The van der Waals surface area contributed by atoms with E-state index in [-0.39, 0.29) is 13.2 Å². The molecule has 0 aliphatic heterocycles. The fraction of sp³-hybridized carbons (Fsp3) is 0.100. The first-order chi connectivity index (χ1) is 10.8. The van der Waals surface area contributed by atoms with Crippen molar-refractivity contribution in [2.24, 2.45) is 0 Å². The zero-order valence-corrected chi connectivity index (χ0v) is 12.1. The molecule has 22 heavy (non-hydrogen) atoms. The molecule has 0 aromatic heterocycles. The summed E-state index contributed by atoms with van der Waals surface area (Å²) >= 11 is 0. The first kappa shape index (κ1) is 13.3. The van der Waals surface area contributed by atoms with Crippen LogP contribution in [0, 0.1) is 0 Å². The van der Waals surface area contributed by atoms with Gasteiger partial charge < -0.3 is 10.2 Å². The lowest BCUT2D eigenvalue weighted by Gasteiger charge is -2.14. The van der Waals surface area contributed by atoms with Gasteiger partial charge in [0.05, 0.1) is 13.2 Å². The molecule has 0 heterocycles. The summed E-state index contributed by atoms with van der Waals surface area (Å²) in [6, 6.07) is 20.4. The third-order valence-corrected chi connectivity index (χ3v) is 4.37. The molecule has 108 valence electrons. The second-order valence-electron chi connectivity index (χ2n) is 5.58. The second-order valence-corrected chi connectivity index (χ2v) is 5.58. The maximum Gasteiger partial charge on any atom is 0.0688 e. The molecule has 0 aliphatic rings. The van der Waals surface area contributed by atoms with E-state index in [0.29, 0.717) is 0 Å². The van der Waals surface area contributed by atoms with Crippen molar-refractivity contribution in [3.8, 4) is 0 Å². The molecular formula is C20H16O2. The van der Waals surface area contributed by atoms with Crippen molar-refractivity contribution in [2.75, 3.05) is 0 Å². The van der Waals surface area contributed by atoms with Crippen molar-refractivity contribution in [3.05, 3.63) is 71.8 Å². The van der Waals surface area contributed by atoms with Gasteiger partial charge in [-0.25, -0.2) is 0 Å². The highest BCUT2D eigenvalue weighted by Crippen LogP contribution is 2.35. The van der Waals surface area contributed by atoms with Crippen LogP contribution in [0.15, 0.2) is 60.7 Å². The molecule has 0 radical (unpaired) electrons. The van der Waals surface area contributed by atoms with Crippen molar-refractivity contribution in [1.82, 2.24) is 0 Å². The highest BCUT2D eigenvalue weighted by Gasteiger charge is 2.11. The van der Waals surface area contributed by atoms with Crippen LogP contribution in [0.1, 0.15) is 11.1 Å². The third kappa shape index (κ3) is 1.82. The molecule has 2 nitrogen and oxygen atoms in total. The lowest BCUT2D eigenvalue weighted by atomic mass is 9.91. The van der Waals surface area contributed by atoms with Crippen LogP contribution in [0.4, 0.5) is 0 Å². The smallest absolute Gasteiger partial charge is 0.0688 e. The molecule has 2 heteroatoms. The number of fused-ring (bicyclic) bond motifs is 5. The molecule has 0 spiro atoms. The van der Waals surface area contributed by atoms with Crippen LogP contribution >= 0.6 is 0 Å². The minimum Gasteiger partial charge on any atom is -0.392 e. The second kappa shape index (κ2) is 5.09. The normalized spacial score (nSPS) is 11.5. The van der Waals surface area contributed by atoms with Crippen LogP contribution in [0.25, 0.3) is 32.3 Å². The molecule has 0 atom stereocenters. The van der Waals surface area contributed by atoms with Crippen molar-refractivity contribution >= 4 is 32.3 Å². The van der Waals surface area contributed by atoms with Gasteiger partial charge in [-0.05, 0) is 49.5 Å². The first-order valence-electron chi connectivity index (χ1n) is 7.40. The van der Waals surface area contributed by atoms with E-state index >= 15 is 0 Å². The summed E-state index contributed by atoms with van der Waals surface area (Å²) in [6.45, 7) is -0.0195. The quantitative estimate of drug-likeness (QED) is 0.544. The maximum absolute atomic E-state index is 9.86. The molecule has 0 fully saturated rings. The van der Waals surface area contributed by atoms with Gasteiger partial charge in [0.25, 0.3) is 0 Å². The number of benzene rings is 4. The van der Waals surface area contributed by atoms with Gasteiger partial charge in [-0.3, -0.25) is 0 Å². The molecular weight excluding hydrogens is 272 g/mol. The topological polar surface area (TPSA) is 40.5 Å². The molecule has 0 unspecified atom stereocenters. The first-order valence-corrected chi connectivity index (χ1v) is 7.40. The van der Waals surface area contributed by atoms with Gasteiger partial charge in [-0.15, -0.1) is 0 Å². The Morgan fingerprint density at radius 2 is 1.36 bits per heavy atom. The zero-order chi connectivity index (χ0) is 15.1. The van der Waals surface area contributed by atoms with Crippen LogP contribution in [0.5, 0.6) is 0 Å². The Bertz CT molecular complexity index is 1000. The molecule has 0 amide bonds. The average molecular weight is 288 g/mol. The molecule has 2 N–H and O–H groups in total. The zero-order valence-electron chi connectivity index (χ0n) is 12.1. The van der Waals surface area contributed by atoms with Gasteiger partial charge >= 0.3 is 0 Å². The highest BCUT2D eigenvalue weighted by atomic mass is 16.3. The van der Waals surface area contributed by atoms with Crippen molar-refractivity contribution < 1.29 is 10.2 Å². The Balaban J connectivity index is 2.33. The van der Waals surface area contributed by atoms with Crippen molar-refractivity contribution in [1.29, 1.82) is 0 Å². The summed E-state index contributed by atoms with van der Waals surface area (Å²) in [4.78, 5) is 0. The van der Waals surface area contributed by atoms with E-state index in [1.165, 1.54) is 5.39 Å². The standard InChI is InChI=1S/C20H16O2/c21-11-15-6-3-5-13-8-9-18-17-7-2-1-4-14(17)10-16(12-22)20(18)19(13)15/h1-10,21-22H,11-12H2. The van der Waals surface area contributed by atoms with E-state index < -0.39 is 0 Å². The van der Waals surface area contributed by atoms with Crippen LogP contribution in [0.3, 0.4) is 0 Å². The molecule has 4 rings (SSSR count). The van der Waals surface area contributed by atoms with Gasteiger partial charge in [0.1, 0.15) is 0 Å². The molecule has 4 aromatic rings. The highest BCUT2D eigenvalue weighted by molar-refractivity contribution is 6.19.